The second kappa shape index (κ2) is 11.3. The number of carboxylic acids is 1. The maximum Gasteiger partial charge on any atom is 0.490 e. The summed E-state index contributed by atoms with van der Waals surface area (Å²) in [5, 5.41) is 24.6. The van der Waals surface area contributed by atoms with E-state index in [9.17, 15) is 23.1 Å². The van der Waals surface area contributed by atoms with Gasteiger partial charge in [-0.1, -0.05) is 24.3 Å². The summed E-state index contributed by atoms with van der Waals surface area (Å²) in [5.74, 6) is -2.39. The molecule has 16 heteroatoms. The van der Waals surface area contributed by atoms with E-state index >= 15 is 0 Å². The van der Waals surface area contributed by atoms with Crippen molar-refractivity contribution in [2.45, 2.75) is 38.7 Å². The zero-order valence-electron chi connectivity index (χ0n) is 21.1. The van der Waals surface area contributed by atoms with Crippen molar-refractivity contribution in [3.63, 3.8) is 0 Å². The fourth-order valence-corrected chi connectivity index (χ4v) is 4.37. The summed E-state index contributed by atoms with van der Waals surface area (Å²) in [6, 6.07) is 7.36. The summed E-state index contributed by atoms with van der Waals surface area (Å²) < 4.78 is 38.4. The molecule has 3 aromatic heterocycles. The van der Waals surface area contributed by atoms with Crippen molar-refractivity contribution >= 4 is 28.7 Å². The van der Waals surface area contributed by atoms with Crippen LogP contribution in [-0.4, -0.2) is 77.1 Å². The van der Waals surface area contributed by atoms with E-state index in [4.69, 9.17) is 31.0 Å². The molecule has 0 spiro atoms. The Labute approximate surface area is 224 Å². The van der Waals surface area contributed by atoms with Gasteiger partial charge in [-0.2, -0.15) is 13.2 Å². The van der Waals surface area contributed by atoms with E-state index in [-0.39, 0.29) is 30.1 Å². The highest BCUT2D eigenvalue weighted by Crippen LogP contribution is 2.35. The number of halogens is 3. The van der Waals surface area contributed by atoms with Crippen molar-refractivity contribution in [2.75, 3.05) is 18.8 Å². The molecule has 212 valence electrons. The number of carboxylic acid groups (broad SMARTS) is 1. The van der Waals surface area contributed by atoms with Gasteiger partial charge in [-0.25, -0.2) is 14.4 Å². The van der Waals surface area contributed by atoms with E-state index in [0.717, 1.165) is 12.0 Å². The minimum Gasteiger partial charge on any atom is -0.475 e. The number of fused-ring (bicyclic) bond motifs is 1. The number of nitrogens with two attached hydrogens (primary N) is 2. The van der Waals surface area contributed by atoms with Crippen molar-refractivity contribution in [2.24, 2.45) is 5.73 Å². The van der Waals surface area contributed by atoms with E-state index in [2.05, 4.69) is 15.3 Å². The topological polar surface area (TPSA) is 200 Å². The summed E-state index contributed by atoms with van der Waals surface area (Å²) in [5.41, 5.74) is 15.8. The number of aliphatic hydroxyl groups excluding tert-OH is 1. The maximum atomic E-state index is 13.5. The number of amides is 1. The molecule has 0 radical (unpaired) electrons. The SMILES string of the molecule is CCn1c(-c2nonc2N)nc2c(-c3ccccc3CO)ncc(C(=O)N3CCC(N)C3)c21.O=C(O)C(F)(F)F. The number of hydrogen-bond acceptors (Lipinski definition) is 10. The molecule has 1 saturated heterocycles. The van der Waals surface area contributed by atoms with Gasteiger partial charge in [0.25, 0.3) is 5.91 Å². The van der Waals surface area contributed by atoms with Gasteiger partial charge in [-0.3, -0.25) is 9.78 Å². The van der Waals surface area contributed by atoms with E-state index < -0.39 is 12.1 Å². The van der Waals surface area contributed by atoms with Crippen molar-refractivity contribution in [1.29, 1.82) is 0 Å². The number of aliphatic carboxylic acids is 1. The number of nitrogen functional groups attached to an aromatic ring is 1. The molecule has 1 aliphatic rings. The molecule has 40 heavy (non-hydrogen) atoms. The van der Waals surface area contributed by atoms with Crippen LogP contribution in [-0.2, 0) is 17.9 Å². The number of aryl methyl sites for hydroxylation is 1. The number of carbonyl (C=O) groups excluding carboxylic acids is 1. The number of hydrogen-bond donors (Lipinski definition) is 4. The fourth-order valence-electron chi connectivity index (χ4n) is 4.37. The Balaban J connectivity index is 0.000000470. The highest BCUT2D eigenvalue weighted by atomic mass is 19.4. The van der Waals surface area contributed by atoms with Crippen LogP contribution in [0.15, 0.2) is 35.1 Å². The molecule has 1 fully saturated rings. The second-order valence-electron chi connectivity index (χ2n) is 8.81. The minimum absolute atomic E-state index is 0.0410. The standard InChI is InChI=1S/C22H24N8O3.C2HF3O2/c1-2-30-19-15(22(32)29-8-7-13(23)10-29)9-25-16(14-6-4-3-5-12(14)11-31)17(19)26-21(30)18-20(24)28-33-27-18;3-2(4,5)1(6)7/h3-6,9,13,31H,2,7-8,10-11,23H2,1H3,(H2,24,28);(H,6,7). The van der Waals surface area contributed by atoms with E-state index in [1.165, 1.54) is 0 Å². The van der Waals surface area contributed by atoms with Crippen LogP contribution in [0.25, 0.3) is 33.8 Å². The molecule has 1 amide bonds. The summed E-state index contributed by atoms with van der Waals surface area (Å²) in [6.45, 7) is 3.35. The molecule has 1 unspecified atom stereocenters. The van der Waals surface area contributed by atoms with Gasteiger partial charge in [0, 0.05) is 37.4 Å². The van der Waals surface area contributed by atoms with Gasteiger partial charge in [0.05, 0.1) is 23.4 Å². The molecule has 5 rings (SSSR count). The Morgan fingerprint density at radius 3 is 2.45 bits per heavy atom. The zero-order valence-corrected chi connectivity index (χ0v) is 21.1. The third-order valence-electron chi connectivity index (χ3n) is 6.24. The molecule has 0 bridgehead atoms. The summed E-state index contributed by atoms with van der Waals surface area (Å²) >= 11 is 0. The first-order valence-corrected chi connectivity index (χ1v) is 12.0. The van der Waals surface area contributed by atoms with Gasteiger partial charge < -0.3 is 31.1 Å². The number of likely N-dealkylation sites (tertiary alicyclic amines) is 1. The Hall–Kier alpha value is -4.57. The molecule has 13 nitrogen and oxygen atoms in total. The Kier molecular flexibility index (Phi) is 8.01. The number of carbonyl (C=O) groups is 2. The molecule has 1 aliphatic heterocycles. The lowest BCUT2D eigenvalue weighted by Gasteiger charge is -2.18. The lowest BCUT2D eigenvalue weighted by Crippen LogP contribution is -2.32. The monoisotopic (exact) mass is 562 g/mol. The Morgan fingerprint density at radius 1 is 1.20 bits per heavy atom. The van der Waals surface area contributed by atoms with Crippen LogP contribution in [0.1, 0.15) is 29.3 Å². The van der Waals surface area contributed by atoms with Crippen LogP contribution in [0.5, 0.6) is 0 Å². The number of aromatic nitrogens is 5. The summed E-state index contributed by atoms with van der Waals surface area (Å²) in [6.07, 6.45) is -2.76. The van der Waals surface area contributed by atoms with Crippen molar-refractivity contribution in [1.82, 2.24) is 29.7 Å². The molecule has 0 aliphatic carbocycles. The number of anilines is 1. The molecular weight excluding hydrogens is 537 g/mol. The van der Waals surface area contributed by atoms with Gasteiger partial charge in [0.1, 0.15) is 5.52 Å². The third kappa shape index (κ3) is 5.43. The number of imidazole rings is 1. The fraction of sp³-hybridized carbons (Fsp3) is 0.333. The average molecular weight is 563 g/mol. The van der Waals surface area contributed by atoms with Crippen LogP contribution in [0.2, 0.25) is 0 Å². The van der Waals surface area contributed by atoms with E-state index in [1.54, 1.807) is 11.1 Å². The molecule has 1 aromatic carbocycles. The Bertz CT molecular complexity index is 1550. The number of rotatable bonds is 5. The third-order valence-corrected chi connectivity index (χ3v) is 6.24. The van der Waals surface area contributed by atoms with Crippen LogP contribution >= 0.6 is 0 Å². The van der Waals surface area contributed by atoms with Crippen molar-refractivity contribution < 1.29 is 37.6 Å². The lowest BCUT2D eigenvalue weighted by atomic mass is 10.0. The van der Waals surface area contributed by atoms with Crippen LogP contribution in [0.4, 0.5) is 19.0 Å². The van der Waals surface area contributed by atoms with Gasteiger partial charge in [-0.05, 0) is 29.2 Å². The lowest BCUT2D eigenvalue weighted by molar-refractivity contribution is -0.192. The highest BCUT2D eigenvalue weighted by Gasteiger charge is 2.38. The number of nitrogens with zero attached hydrogens (tertiary/aromatic N) is 6. The molecule has 6 N–H and O–H groups in total. The summed E-state index contributed by atoms with van der Waals surface area (Å²) in [4.78, 5) is 33.6. The summed E-state index contributed by atoms with van der Waals surface area (Å²) in [7, 11) is 0. The van der Waals surface area contributed by atoms with Crippen molar-refractivity contribution in [3.8, 4) is 22.8 Å². The highest BCUT2D eigenvalue weighted by molar-refractivity contribution is 6.08. The first-order valence-electron chi connectivity index (χ1n) is 12.0. The van der Waals surface area contributed by atoms with E-state index in [1.807, 2.05) is 35.8 Å². The zero-order chi connectivity index (χ0) is 29.2. The predicted molar refractivity (Wildman–Crippen MR) is 134 cm³/mol. The quantitative estimate of drug-likeness (QED) is 0.277. The van der Waals surface area contributed by atoms with Crippen LogP contribution in [0, 0.1) is 0 Å². The Morgan fingerprint density at radius 2 is 1.90 bits per heavy atom. The van der Waals surface area contributed by atoms with Crippen LogP contribution in [0.3, 0.4) is 0 Å². The van der Waals surface area contributed by atoms with Gasteiger partial charge in [-0.15, -0.1) is 0 Å². The number of benzene rings is 1. The van der Waals surface area contributed by atoms with Gasteiger partial charge in [0.2, 0.25) is 0 Å². The predicted octanol–water partition coefficient (Wildman–Crippen LogP) is 2.05. The minimum atomic E-state index is -5.08. The number of aliphatic hydroxyl groups is 1. The first-order chi connectivity index (χ1) is 19.0. The molecular formula is C24H25F3N8O5. The van der Waals surface area contributed by atoms with Gasteiger partial charge in [0.15, 0.2) is 17.3 Å². The molecule has 4 aromatic rings. The molecule has 4 heterocycles. The maximum absolute atomic E-state index is 13.5. The second-order valence-corrected chi connectivity index (χ2v) is 8.81. The smallest absolute Gasteiger partial charge is 0.475 e. The van der Waals surface area contributed by atoms with Crippen LogP contribution < -0.4 is 11.5 Å². The average Bonchev–Trinajstić information content (AvgIpc) is 3.65. The van der Waals surface area contributed by atoms with E-state index in [0.29, 0.717) is 53.3 Å². The van der Waals surface area contributed by atoms with Crippen molar-refractivity contribution in [3.05, 3.63) is 41.6 Å². The van der Waals surface area contributed by atoms with Gasteiger partial charge >= 0.3 is 12.1 Å². The molecule has 1 atom stereocenters. The number of alkyl halides is 3. The number of pyridine rings is 1. The molecule has 0 saturated carbocycles. The normalized spacial score (nSPS) is 15.2. The first kappa shape index (κ1) is 28.4. The largest absolute Gasteiger partial charge is 0.490 e.